The van der Waals surface area contributed by atoms with Crippen molar-refractivity contribution in [3.63, 3.8) is 0 Å². The molecule has 0 bridgehead atoms. The van der Waals surface area contributed by atoms with Crippen LogP contribution in [0.4, 0.5) is 13.2 Å². The van der Waals surface area contributed by atoms with Crippen molar-refractivity contribution in [2.24, 2.45) is 0 Å². The molecule has 1 nitrogen and oxygen atoms in total. The second kappa shape index (κ2) is 7.16. The lowest BCUT2D eigenvalue weighted by molar-refractivity contribution is -0.137. The van der Waals surface area contributed by atoms with Crippen LogP contribution < -0.4 is 5.32 Å². The molecule has 0 fully saturated rings. The van der Waals surface area contributed by atoms with Crippen LogP contribution in [0.2, 0.25) is 0 Å². The maximum absolute atomic E-state index is 12.8. The van der Waals surface area contributed by atoms with Gasteiger partial charge in [-0.05, 0) is 60.8 Å². The van der Waals surface area contributed by atoms with Gasteiger partial charge in [0, 0.05) is 6.54 Å². The summed E-state index contributed by atoms with van der Waals surface area (Å²) in [5.41, 5.74) is 4.14. The van der Waals surface area contributed by atoms with Gasteiger partial charge in [0.15, 0.2) is 0 Å². The summed E-state index contributed by atoms with van der Waals surface area (Å²) in [4.78, 5) is 0. The summed E-state index contributed by atoms with van der Waals surface area (Å²) in [7, 11) is 1.87. The van der Waals surface area contributed by atoms with Crippen molar-refractivity contribution in [2.75, 3.05) is 7.05 Å². The lowest BCUT2D eigenvalue weighted by Gasteiger charge is -2.14. The first-order valence-electron chi connectivity index (χ1n) is 6.75. The van der Waals surface area contributed by atoms with Gasteiger partial charge < -0.3 is 5.32 Å². The Morgan fingerprint density at radius 1 is 0.955 bits per heavy atom. The third kappa shape index (κ3) is 4.02. The van der Waals surface area contributed by atoms with Gasteiger partial charge in [-0.25, -0.2) is 0 Å². The molecule has 120 valence electrons. The highest BCUT2D eigenvalue weighted by atomic mass is 35.5. The average Bonchev–Trinajstić information content (AvgIpc) is 2.42. The standard InChI is InChI=1S/C17H18F3N.ClH/c1-11-7-14(8-12(2)16(11)10-21-3)13-5-4-6-15(9-13)17(18,19)20;/h4-9,21H,10H2,1-3H3;1H. The minimum Gasteiger partial charge on any atom is -0.316 e. The number of rotatable bonds is 3. The third-order valence-corrected chi connectivity index (χ3v) is 3.57. The first-order valence-corrected chi connectivity index (χ1v) is 6.75. The molecular weight excluding hydrogens is 311 g/mol. The lowest BCUT2D eigenvalue weighted by Crippen LogP contribution is -2.08. The Balaban J connectivity index is 0.00000242. The Hall–Kier alpha value is -1.52. The summed E-state index contributed by atoms with van der Waals surface area (Å²) in [6, 6.07) is 9.33. The Labute approximate surface area is 135 Å². The zero-order valence-corrected chi connectivity index (χ0v) is 13.5. The number of alkyl halides is 3. The summed E-state index contributed by atoms with van der Waals surface area (Å²) in [6.45, 7) is 4.72. The molecular formula is C17H19ClF3N. The minimum absolute atomic E-state index is 0. The molecule has 22 heavy (non-hydrogen) atoms. The van der Waals surface area contributed by atoms with E-state index in [0.29, 0.717) is 5.56 Å². The molecule has 0 heterocycles. The molecule has 0 atom stereocenters. The molecule has 2 aromatic carbocycles. The van der Waals surface area contributed by atoms with Crippen molar-refractivity contribution in [1.29, 1.82) is 0 Å². The van der Waals surface area contributed by atoms with E-state index in [1.165, 1.54) is 17.7 Å². The van der Waals surface area contributed by atoms with E-state index in [9.17, 15) is 13.2 Å². The Morgan fingerprint density at radius 2 is 1.55 bits per heavy atom. The Morgan fingerprint density at radius 3 is 2.05 bits per heavy atom. The largest absolute Gasteiger partial charge is 0.416 e. The van der Waals surface area contributed by atoms with E-state index >= 15 is 0 Å². The van der Waals surface area contributed by atoms with Gasteiger partial charge in [-0.2, -0.15) is 13.2 Å². The summed E-state index contributed by atoms with van der Waals surface area (Å²) < 4.78 is 38.4. The van der Waals surface area contributed by atoms with Crippen LogP contribution in [0.5, 0.6) is 0 Å². The number of benzene rings is 2. The fourth-order valence-electron chi connectivity index (χ4n) is 2.49. The van der Waals surface area contributed by atoms with E-state index in [2.05, 4.69) is 5.32 Å². The predicted molar refractivity (Wildman–Crippen MR) is 86.4 cm³/mol. The van der Waals surface area contributed by atoms with Gasteiger partial charge in [0.25, 0.3) is 0 Å². The van der Waals surface area contributed by atoms with Gasteiger partial charge in [-0.1, -0.05) is 24.3 Å². The highest BCUT2D eigenvalue weighted by Crippen LogP contribution is 2.33. The van der Waals surface area contributed by atoms with Gasteiger partial charge in [0.2, 0.25) is 0 Å². The van der Waals surface area contributed by atoms with Crippen LogP contribution in [0, 0.1) is 13.8 Å². The molecule has 1 N–H and O–H groups in total. The summed E-state index contributed by atoms with van der Waals surface area (Å²) in [5.74, 6) is 0. The smallest absolute Gasteiger partial charge is 0.316 e. The minimum atomic E-state index is -4.31. The normalized spacial score (nSPS) is 11.2. The van der Waals surface area contributed by atoms with E-state index in [1.807, 2.05) is 33.0 Å². The van der Waals surface area contributed by atoms with Gasteiger partial charge in [-0.3, -0.25) is 0 Å². The van der Waals surface area contributed by atoms with E-state index < -0.39 is 11.7 Å². The maximum atomic E-state index is 12.8. The number of halogens is 4. The van der Waals surface area contributed by atoms with E-state index in [4.69, 9.17) is 0 Å². The van der Waals surface area contributed by atoms with Crippen molar-refractivity contribution < 1.29 is 13.2 Å². The summed E-state index contributed by atoms with van der Waals surface area (Å²) in [6.07, 6.45) is -4.31. The zero-order chi connectivity index (χ0) is 15.6. The number of hydrogen-bond acceptors (Lipinski definition) is 1. The fourth-order valence-corrected chi connectivity index (χ4v) is 2.49. The molecule has 0 aliphatic heterocycles. The second-order valence-corrected chi connectivity index (χ2v) is 5.20. The molecule has 0 saturated heterocycles. The summed E-state index contributed by atoms with van der Waals surface area (Å²) >= 11 is 0. The topological polar surface area (TPSA) is 12.0 Å². The third-order valence-electron chi connectivity index (χ3n) is 3.57. The van der Waals surface area contributed by atoms with Gasteiger partial charge in [-0.15, -0.1) is 12.4 Å². The monoisotopic (exact) mass is 329 g/mol. The lowest BCUT2D eigenvalue weighted by atomic mass is 9.94. The molecule has 0 radical (unpaired) electrons. The van der Waals surface area contributed by atoms with Crippen molar-refractivity contribution >= 4 is 12.4 Å². The van der Waals surface area contributed by atoms with Crippen molar-refractivity contribution in [1.82, 2.24) is 5.32 Å². The SMILES string of the molecule is CNCc1c(C)cc(-c2cccc(C(F)(F)F)c2)cc1C.Cl. The summed E-state index contributed by atoms with van der Waals surface area (Å²) in [5, 5.41) is 3.11. The van der Waals surface area contributed by atoms with Crippen LogP contribution in [-0.2, 0) is 12.7 Å². The molecule has 0 aromatic heterocycles. The number of aryl methyl sites for hydroxylation is 2. The predicted octanol–water partition coefficient (Wildman–Crippen LogP) is 5.13. The average molecular weight is 330 g/mol. The number of nitrogens with one attached hydrogen (secondary N) is 1. The molecule has 0 aliphatic rings. The second-order valence-electron chi connectivity index (χ2n) is 5.20. The first-order chi connectivity index (χ1) is 9.82. The van der Waals surface area contributed by atoms with E-state index in [1.54, 1.807) is 6.07 Å². The van der Waals surface area contributed by atoms with Crippen LogP contribution >= 0.6 is 12.4 Å². The van der Waals surface area contributed by atoms with Crippen molar-refractivity contribution in [3.8, 4) is 11.1 Å². The molecule has 5 heteroatoms. The zero-order valence-electron chi connectivity index (χ0n) is 12.7. The van der Waals surface area contributed by atoms with Crippen LogP contribution in [0.1, 0.15) is 22.3 Å². The molecule has 0 spiro atoms. The molecule has 0 amide bonds. The highest BCUT2D eigenvalue weighted by molar-refractivity contribution is 5.85. The fraction of sp³-hybridized carbons (Fsp3) is 0.294. The molecule has 0 aliphatic carbocycles. The number of hydrogen-bond donors (Lipinski definition) is 1. The van der Waals surface area contributed by atoms with Gasteiger partial charge >= 0.3 is 6.18 Å². The van der Waals surface area contributed by atoms with Crippen LogP contribution in [-0.4, -0.2) is 7.05 Å². The molecule has 0 unspecified atom stereocenters. The Bertz CT molecular complexity index is 628. The maximum Gasteiger partial charge on any atom is 0.416 e. The molecule has 0 saturated carbocycles. The Kier molecular flexibility index (Phi) is 6.03. The molecule has 2 rings (SSSR count). The van der Waals surface area contributed by atoms with E-state index in [-0.39, 0.29) is 12.4 Å². The van der Waals surface area contributed by atoms with Crippen LogP contribution in [0.3, 0.4) is 0 Å². The van der Waals surface area contributed by atoms with Gasteiger partial charge in [0.05, 0.1) is 5.56 Å². The quantitative estimate of drug-likeness (QED) is 0.823. The first kappa shape index (κ1) is 18.5. The van der Waals surface area contributed by atoms with Crippen molar-refractivity contribution in [3.05, 3.63) is 58.7 Å². The highest BCUT2D eigenvalue weighted by Gasteiger charge is 2.30. The molecule has 2 aromatic rings. The van der Waals surface area contributed by atoms with Crippen LogP contribution in [0.25, 0.3) is 11.1 Å². The van der Waals surface area contributed by atoms with E-state index in [0.717, 1.165) is 29.3 Å². The van der Waals surface area contributed by atoms with Crippen molar-refractivity contribution in [2.45, 2.75) is 26.6 Å². The van der Waals surface area contributed by atoms with Gasteiger partial charge in [0.1, 0.15) is 0 Å². The van der Waals surface area contributed by atoms with Crippen LogP contribution in [0.15, 0.2) is 36.4 Å².